The van der Waals surface area contributed by atoms with Crippen LogP contribution < -0.4 is 5.73 Å². The first-order valence-corrected chi connectivity index (χ1v) is 1.73. The molecule has 0 spiro atoms. The van der Waals surface area contributed by atoms with Crippen LogP contribution in [0.2, 0.25) is 0 Å². The second kappa shape index (κ2) is 3.03. The molecule has 38 valence electrons. The molecule has 0 bridgehead atoms. The van der Waals surface area contributed by atoms with E-state index < -0.39 is 13.0 Å². The molecule has 0 saturated carbocycles. The largest absolute Gasteiger partial charge is 0.302 e. The van der Waals surface area contributed by atoms with Crippen molar-refractivity contribution in [3.63, 3.8) is 0 Å². The van der Waals surface area contributed by atoms with E-state index in [1.165, 1.54) is 0 Å². The van der Waals surface area contributed by atoms with Gasteiger partial charge in [0.05, 0.1) is 6.67 Å². The van der Waals surface area contributed by atoms with E-state index in [2.05, 4.69) is 5.73 Å². The van der Waals surface area contributed by atoms with Crippen molar-refractivity contribution in [3.8, 4) is 0 Å². The van der Waals surface area contributed by atoms with E-state index in [1.807, 2.05) is 0 Å². The van der Waals surface area contributed by atoms with Gasteiger partial charge in [-0.25, -0.2) is 4.39 Å². The van der Waals surface area contributed by atoms with E-state index >= 15 is 0 Å². The minimum Gasteiger partial charge on any atom is -0.302 e. The number of hydrogen-bond acceptors (Lipinski definition) is 1. The average molecular weight is 95.1 g/mol. The zero-order valence-electron chi connectivity index (χ0n) is 3.32. The van der Waals surface area contributed by atoms with Gasteiger partial charge in [-0.1, -0.05) is 0 Å². The highest BCUT2D eigenvalue weighted by molar-refractivity contribution is 4.39. The maximum absolute atomic E-state index is 11.2. The van der Waals surface area contributed by atoms with Crippen LogP contribution in [0.4, 0.5) is 8.78 Å². The Bertz CT molecular complexity index is 30.0. The summed E-state index contributed by atoms with van der Waals surface area (Å²) in [6.07, 6.45) is -1.66. The van der Waals surface area contributed by atoms with Gasteiger partial charge < -0.3 is 5.73 Å². The lowest BCUT2D eigenvalue weighted by Crippen LogP contribution is -2.12. The van der Waals surface area contributed by atoms with Crippen LogP contribution in [0.3, 0.4) is 0 Å². The van der Waals surface area contributed by atoms with E-state index in [0.29, 0.717) is 0 Å². The maximum Gasteiger partial charge on any atom is 0.151 e. The highest BCUT2D eigenvalue weighted by Gasteiger charge is 1.92. The summed E-state index contributed by atoms with van der Waals surface area (Å²) in [5.41, 5.74) is 4.50. The Labute approximate surface area is 35.1 Å². The van der Waals surface area contributed by atoms with Gasteiger partial charge in [0.25, 0.3) is 0 Å². The smallest absolute Gasteiger partial charge is 0.151 e. The average Bonchev–Trinajstić information content (AvgIpc) is 1.35. The summed E-state index contributed by atoms with van der Waals surface area (Å²) >= 11 is 0. The van der Waals surface area contributed by atoms with Gasteiger partial charge in [-0.15, -0.1) is 0 Å². The molecule has 0 aliphatic heterocycles. The summed E-state index contributed by atoms with van der Waals surface area (Å²) in [5.74, 6) is 0. The van der Waals surface area contributed by atoms with E-state index in [9.17, 15) is 8.78 Å². The number of nitrogens with two attached hydrogens (primary N) is 1. The van der Waals surface area contributed by atoms with Crippen molar-refractivity contribution in [1.29, 1.82) is 0 Å². The first-order valence-electron chi connectivity index (χ1n) is 1.73. The van der Waals surface area contributed by atoms with Gasteiger partial charge in [0.1, 0.15) is 0 Å². The van der Waals surface area contributed by atoms with Crippen LogP contribution >= 0.6 is 0 Å². The molecule has 0 aromatic rings. The fourth-order valence-electron chi connectivity index (χ4n) is 0.104. The Morgan fingerprint density at radius 2 is 2.17 bits per heavy atom. The van der Waals surface area contributed by atoms with Crippen LogP contribution in [0.5, 0.6) is 0 Å². The molecule has 0 aromatic heterocycles. The molecule has 0 amide bonds. The molecule has 0 aliphatic carbocycles. The van der Waals surface area contributed by atoms with Gasteiger partial charge in [0, 0.05) is 6.42 Å². The van der Waals surface area contributed by atoms with Gasteiger partial charge in [-0.2, -0.15) is 0 Å². The topological polar surface area (TPSA) is 26.0 Å². The predicted molar refractivity (Wildman–Crippen MR) is 19.7 cm³/mol. The quantitative estimate of drug-likeness (QED) is 0.499. The second-order valence-corrected chi connectivity index (χ2v) is 0.994. The Morgan fingerprint density at radius 1 is 1.67 bits per heavy atom. The lowest BCUT2D eigenvalue weighted by atomic mass is 10.5. The molecule has 0 heterocycles. The van der Waals surface area contributed by atoms with Gasteiger partial charge in [-0.3, -0.25) is 4.39 Å². The van der Waals surface area contributed by atoms with Crippen LogP contribution in [-0.2, 0) is 0 Å². The minimum absolute atomic E-state index is 0.181. The van der Waals surface area contributed by atoms with Crippen LogP contribution in [0, 0.1) is 0 Å². The molecule has 0 aromatic carbocycles. The fourth-order valence-corrected chi connectivity index (χ4v) is 0.104. The highest BCUT2D eigenvalue weighted by atomic mass is 19.1. The van der Waals surface area contributed by atoms with Crippen molar-refractivity contribution in [2.75, 3.05) is 6.67 Å². The number of halogens is 2. The first kappa shape index (κ1) is 5.82. The molecule has 1 nitrogen and oxygen atoms in total. The Morgan fingerprint density at radius 3 is 2.17 bits per heavy atom. The monoisotopic (exact) mass is 95.1 g/mol. The van der Waals surface area contributed by atoms with Crippen LogP contribution in [0.15, 0.2) is 0 Å². The third-order valence-electron chi connectivity index (χ3n) is 0.385. The lowest BCUT2D eigenvalue weighted by molar-refractivity contribution is 0.291. The van der Waals surface area contributed by atoms with Crippen LogP contribution in [0.25, 0.3) is 0 Å². The molecule has 0 saturated heterocycles. The van der Waals surface area contributed by atoms with Crippen molar-refractivity contribution in [1.82, 2.24) is 0 Å². The second-order valence-electron chi connectivity index (χ2n) is 0.994. The molecule has 2 N–H and O–H groups in total. The van der Waals surface area contributed by atoms with Crippen LogP contribution in [0.1, 0.15) is 6.42 Å². The Balaban J connectivity index is 2.63. The molecule has 1 atom stereocenters. The molecular weight excluding hydrogens is 88.0 g/mol. The zero-order chi connectivity index (χ0) is 4.99. The van der Waals surface area contributed by atoms with Crippen molar-refractivity contribution in [2.24, 2.45) is 5.73 Å². The summed E-state index contributed by atoms with van der Waals surface area (Å²) in [5, 5.41) is 0. The number of hydrogen-bond donors (Lipinski definition) is 1. The van der Waals surface area contributed by atoms with Crippen molar-refractivity contribution < 1.29 is 8.78 Å². The maximum atomic E-state index is 11.2. The summed E-state index contributed by atoms with van der Waals surface area (Å²) in [4.78, 5) is 0. The summed E-state index contributed by atoms with van der Waals surface area (Å²) in [7, 11) is 0. The van der Waals surface area contributed by atoms with E-state index in [4.69, 9.17) is 0 Å². The van der Waals surface area contributed by atoms with Crippen molar-refractivity contribution >= 4 is 0 Å². The zero-order valence-corrected chi connectivity index (χ0v) is 3.32. The Kier molecular flexibility index (Phi) is 2.94. The first-order chi connectivity index (χ1) is 2.77. The van der Waals surface area contributed by atoms with Crippen LogP contribution in [-0.4, -0.2) is 13.0 Å². The Hall–Kier alpha value is -0.180. The van der Waals surface area contributed by atoms with Gasteiger partial charge in [-0.05, 0) is 0 Å². The predicted octanol–water partition coefficient (Wildman–Crippen LogP) is 0.600. The summed E-state index contributed by atoms with van der Waals surface area (Å²) in [6.45, 7) is -0.669. The standard InChI is InChI=1S/C3H7F2N/c4-2-1-3(5)6/h3H,1-2,6H2. The lowest BCUT2D eigenvalue weighted by Gasteiger charge is -1.90. The SMILES string of the molecule is NC(F)CCF. The number of rotatable bonds is 2. The molecule has 0 aliphatic rings. The molecule has 3 heteroatoms. The van der Waals surface area contributed by atoms with Gasteiger partial charge in [0.15, 0.2) is 6.30 Å². The molecular formula is C3H7F2N. The van der Waals surface area contributed by atoms with Gasteiger partial charge >= 0.3 is 0 Å². The molecule has 0 radical (unpaired) electrons. The molecule has 0 fully saturated rings. The van der Waals surface area contributed by atoms with E-state index in [-0.39, 0.29) is 6.42 Å². The highest BCUT2D eigenvalue weighted by Crippen LogP contribution is 1.86. The van der Waals surface area contributed by atoms with Crippen molar-refractivity contribution in [3.05, 3.63) is 0 Å². The molecule has 1 unspecified atom stereocenters. The van der Waals surface area contributed by atoms with Gasteiger partial charge in [0.2, 0.25) is 0 Å². The third-order valence-corrected chi connectivity index (χ3v) is 0.385. The minimum atomic E-state index is -1.48. The normalized spacial score (nSPS) is 14.5. The fraction of sp³-hybridized carbons (Fsp3) is 1.00. The molecule has 0 rings (SSSR count). The van der Waals surface area contributed by atoms with Crippen molar-refractivity contribution in [2.45, 2.75) is 12.7 Å². The van der Waals surface area contributed by atoms with E-state index in [0.717, 1.165) is 0 Å². The number of alkyl halides is 2. The third kappa shape index (κ3) is 3.82. The molecule has 6 heavy (non-hydrogen) atoms. The summed E-state index contributed by atoms with van der Waals surface area (Å²) in [6, 6.07) is 0. The van der Waals surface area contributed by atoms with E-state index in [1.54, 1.807) is 0 Å². The summed E-state index contributed by atoms with van der Waals surface area (Å²) < 4.78 is 22.2.